The van der Waals surface area contributed by atoms with E-state index in [4.69, 9.17) is 11.6 Å². The molecule has 0 aliphatic heterocycles. The molecule has 0 radical (unpaired) electrons. The molecule has 0 spiro atoms. The lowest BCUT2D eigenvalue weighted by molar-refractivity contribution is 0.224. The van der Waals surface area contributed by atoms with Crippen molar-refractivity contribution in [3.63, 3.8) is 0 Å². The lowest BCUT2D eigenvalue weighted by Crippen LogP contribution is -1.97. The van der Waals surface area contributed by atoms with Crippen LogP contribution in [0.4, 0.5) is 0 Å². The summed E-state index contributed by atoms with van der Waals surface area (Å²) >= 11 is 7.29. The van der Waals surface area contributed by atoms with Crippen molar-refractivity contribution in [1.29, 1.82) is 0 Å². The van der Waals surface area contributed by atoms with Crippen molar-refractivity contribution in [2.75, 3.05) is 0 Å². The molecule has 0 bridgehead atoms. The third-order valence-electron chi connectivity index (χ3n) is 2.70. The van der Waals surface area contributed by atoms with Crippen molar-refractivity contribution in [2.45, 2.75) is 25.9 Å². The fourth-order valence-electron chi connectivity index (χ4n) is 1.79. The molecule has 17 heavy (non-hydrogen) atoms. The van der Waals surface area contributed by atoms with E-state index in [-0.39, 0.29) is 0 Å². The van der Waals surface area contributed by atoms with Gasteiger partial charge in [0, 0.05) is 4.88 Å². The van der Waals surface area contributed by atoms with Gasteiger partial charge in [0.1, 0.15) is 6.10 Å². The quantitative estimate of drug-likeness (QED) is 0.868. The number of hydrogen-bond donors (Lipinski definition) is 1. The first-order valence-electron chi connectivity index (χ1n) is 5.73. The van der Waals surface area contributed by atoms with Gasteiger partial charge in [-0.2, -0.15) is 0 Å². The Morgan fingerprint density at radius 2 is 1.88 bits per heavy atom. The Morgan fingerprint density at radius 1 is 1.18 bits per heavy atom. The second kappa shape index (κ2) is 5.67. The number of halogens is 1. The van der Waals surface area contributed by atoms with Gasteiger partial charge in [-0.05, 0) is 29.7 Å². The van der Waals surface area contributed by atoms with Crippen LogP contribution in [0, 0.1) is 0 Å². The summed E-state index contributed by atoms with van der Waals surface area (Å²) in [5.74, 6) is 0. The average molecular weight is 267 g/mol. The molecule has 90 valence electrons. The second-order valence-corrected chi connectivity index (χ2v) is 5.78. The van der Waals surface area contributed by atoms with E-state index in [0.717, 1.165) is 23.3 Å². The lowest BCUT2D eigenvalue weighted by Gasteiger charge is -2.09. The highest BCUT2D eigenvalue weighted by Gasteiger charge is 2.12. The number of aliphatic hydroxyl groups excluding tert-OH is 1. The van der Waals surface area contributed by atoms with Gasteiger partial charge in [-0.15, -0.1) is 11.3 Å². The van der Waals surface area contributed by atoms with E-state index in [2.05, 4.69) is 19.1 Å². The summed E-state index contributed by atoms with van der Waals surface area (Å²) in [6.07, 6.45) is 1.66. The molecular formula is C14H15ClOS. The minimum atomic E-state index is -0.567. The lowest BCUT2D eigenvalue weighted by atomic mass is 10.0. The van der Waals surface area contributed by atoms with Crippen LogP contribution in [-0.4, -0.2) is 5.11 Å². The summed E-state index contributed by atoms with van der Waals surface area (Å²) in [6.45, 7) is 2.16. The Hall–Kier alpha value is -0.830. The molecule has 1 aromatic carbocycles. The van der Waals surface area contributed by atoms with Gasteiger partial charge >= 0.3 is 0 Å². The molecule has 1 heterocycles. The van der Waals surface area contributed by atoms with Crippen molar-refractivity contribution in [3.05, 3.63) is 56.7 Å². The van der Waals surface area contributed by atoms with Crippen LogP contribution < -0.4 is 0 Å². The van der Waals surface area contributed by atoms with E-state index in [1.807, 2.05) is 24.3 Å². The standard InChI is InChI=1S/C14H15ClOS/c1-2-3-10-4-6-11(7-5-10)14(16)12-8-9-13(15)17-12/h4-9,14,16H,2-3H2,1H3. The predicted molar refractivity (Wildman–Crippen MR) is 73.8 cm³/mol. The summed E-state index contributed by atoms with van der Waals surface area (Å²) in [4.78, 5) is 0.887. The largest absolute Gasteiger partial charge is 0.383 e. The van der Waals surface area contributed by atoms with E-state index in [0.29, 0.717) is 4.34 Å². The maximum absolute atomic E-state index is 10.2. The van der Waals surface area contributed by atoms with Gasteiger partial charge < -0.3 is 5.11 Å². The van der Waals surface area contributed by atoms with Gasteiger partial charge in [-0.25, -0.2) is 0 Å². The minimum Gasteiger partial charge on any atom is -0.383 e. The van der Waals surface area contributed by atoms with E-state index >= 15 is 0 Å². The van der Waals surface area contributed by atoms with Crippen LogP contribution in [-0.2, 0) is 6.42 Å². The molecule has 0 fully saturated rings. The van der Waals surface area contributed by atoms with Crippen LogP contribution in [0.5, 0.6) is 0 Å². The molecule has 3 heteroatoms. The van der Waals surface area contributed by atoms with Crippen molar-refractivity contribution in [1.82, 2.24) is 0 Å². The first-order valence-corrected chi connectivity index (χ1v) is 6.92. The van der Waals surface area contributed by atoms with Crippen LogP contribution in [0.1, 0.15) is 35.5 Å². The zero-order valence-electron chi connectivity index (χ0n) is 9.69. The highest BCUT2D eigenvalue weighted by molar-refractivity contribution is 7.16. The Bertz CT molecular complexity index is 475. The molecule has 1 nitrogen and oxygen atoms in total. The Labute approximate surface area is 111 Å². The Morgan fingerprint density at radius 3 is 2.41 bits per heavy atom. The molecule has 1 atom stereocenters. The zero-order chi connectivity index (χ0) is 12.3. The smallest absolute Gasteiger partial charge is 0.113 e. The topological polar surface area (TPSA) is 20.2 Å². The van der Waals surface area contributed by atoms with E-state index in [9.17, 15) is 5.11 Å². The van der Waals surface area contributed by atoms with Crippen LogP contribution >= 0.6 is 22.9 Å². The van der Waals surface area contributed by atoms with Crippen molar-refractivity contribution in [2.24, 2.45) is 0 Å². The Balaban J connectivity index is 2.16. The first-order chi connectivity index (χ1) is 8.20. The molecule has 1 N–H and O–H groups in total. The van der Waals surface area contributed by atoms with Gasteiger partial charge in [0.15, 0.2) is 0 Å². The fraction of sp³-hybridized carbons (Fsp3) is 0.286. The number of aliphatic hydroxyl groups is 1. The van der Waals surface area contributed by atoms with Crippen molar-refractivity contribution < 1.29 is 5.11 Å². The number of thiophene rings is 1. The van der Waals surface area contributed by atoms with Gasteiger partial charge in [0.25, 0.3) is 0 Å². The molecule has 0 aliphatic carbocycles. The zero-order valence-corrected chi connectivity index (χ0v) is 11.3. The average Bonchev–Trinajstić information content (AvgIpc) is 2.76. The molecule has 1 aromatic heterocycles. The minimum absolute atomic E-state index is 0.567. The van der Waals surface area contributed by atoms with Crippen LogP contribution in [0.2, 0.25) is 4.34 Å². The summed E-state index contributed by atoms with van der Waals surface area (Å²) in [5, 5.41) is 10.2. The van der Waals surface area contributed by atoms with E-state index in [1.165, 1.54) is 16.9 Å². The highest BCUT2D eigenvalue weighted by atomic mass is 35.5. The third kappa shape index (κ3) is 3.09. The maximum Gasteiger partial charge on any atom is 0.113 e. The number of aryl methyl sites for hydroxylation is 1. The molecule has 0 saturated carbocycles. The first kappa shape index (κ1) is 12.6. The molecule has 0 amide bonds. The summed E-state index contributed by atoms with van der Waals surface area (Å²) in [7, 11) is 0. The number of rotatable bonds is 4. The van der Waals surface area contributed by atoms with Gasteiger partial charge in [0.05, 0.1) is 4.34 Å². The van der Waals surface area contributed by atoms with Crippen molar-refractivity contribution in [3.8, 4) is 0 Å². The molecule has 1 unspecified atom stereocenters. The summed E-state index contributed by atoms with van der Waals surface area (Å²) < 4.78 is 0.710. The fourth-order valence-corrected chi connectivity index (χ4v) is 2.87. The molecular weight excluding hydrogens is 252 g/mol. The van der Waals surface area contributed by atoms with Gasteiger partial charge in [-0.3, -0.25) is 0 Å². The van der Waals surface area contributed by atoms with Crippen LogP contribution in [0.3, 0.4) is 0 Å². The second-order valence-electron chi connectivity index (χ2n) is 4.04. The van der Waals surface area contributed by atoms with E-state index in [1.54, 1.807) is 0 Å². The normalized spacial score (nSPS) is 12.6. The van der Waals surface area contributed by atoms with Gasteiger partial charge in [-0.1, -0.05) is 49.2 Å². The van der Waals surface area contributed by atoms with Crippen LogP contribution in [0.15, 0.2) is 36.4 Å². The molecule has 0 saturated heterocycles. The molecule has 2 rings (SSSR count). The van der Waals surface area contributed by atoms with Gasteiger partial charge in [0.2, 0.25) is 0 Å². The maximum atomic E-state index is 10.2. The number of hydrogen-bond acceptors (Lipinski definition) is 2. The predicted octanol–water partition coefficient (Wildman–Crippen LogP) is 4.44. The third-order valence-corrected chi connectivity index (χ3v) is 3.98. The Kier molecular flexibility index (Phi) is 4.21. The number of benzene rings is 1. The monoisotopic (exact) mass is 266 g/mol. The molecule has 2 aromatic rings. The van der Waals surface area contributed by atoms with Crippen molar-refractivity contribution >= 4 is 22.9 Å². The highest BCUT2D eigenvalue weighted by Crippen LogP contribution is 2.30. The van der Waals surface area contributed by atoms with Crippen LogP contribution in [0.25, 0.3) is 0 Å². The SMILES string of the molecule is CCCc1ccc(C(O)c2ccc(Cl)s2)cc1. The molecule has 0 aliphatic rings. The summed E-state index contributed by atoms with van der Waals surface area (Å²) in [6, 6.07) is 11.8. The van der Waals surface area contributed by atoms with E-state index < -0.39 is 6.10 Å². The summed E-state index contributed by atoms with van der Waals surface area (Å²) in [5.41, 5.74) is 2.23.